The first-order valence-corrected chi connectivity index (χ1v) is 11.5. The largest absolute Gasteiger partial charge is 0.449 e. The van der Waals surface area contributed by atoms with Crippen LogP contribution in [0, 0.1) is 5.92 Å². The van der Waals surface area contributed by atoms with Crippen LogP contribution in [-0.2, 0) is 9.53 Å². The summed E-state index contributed by atoms with van der Waals surface area (Å²) in [6, 6.07) is 15.8. The number of nitrogens with one attached hydrogen (secondary N) is 1. The molecule has 0 spiro atoms. The molecule has 4 rings (SSSR count). The maximum Gasteiger partial charge on any atom is 0.407 e. The molecule has 1 aliphatic carbocycles. The number of benzene rings is 2. The second-order valence-electron chi connectivity index (χ2n) is 9.21. The van der Waals surface area contributed by atoms with E-state index in [9.17, 15) is 14.7 Å². The lowest BCUT2D eigenvalue weighted by Crippen LogP contribution is -2.51. The fraction of sp³-hybridized carbons (Fsp3) is 0.462. The van der Waals surface area contributed by atoms with Gasteiger partial charge >= 0.3 is 6.09 Å². The van der Waals surface area contributed by atoms with Crippen molar-refractivity contribution in [1.82, 2.24) is 10.2 Å². The Morgan fingerprint density at radius 3 is 2.16 bits per heavy atom. The lowest BCUT2D eigenvalue weighted by atomic mass is 9.98. The normalized spacial score (nSPS) is 17.1. The predicted molar refractivity (Wildman–Crippen MR) is 123 cm³/mol. The summed E-state index contributed by atoms with van der Waals surface area (Å²) in [7, 11) is 0. The van der Waals surface area contributed by atoms with Gasteiger partial charge in [0, 0.05) is 19.0 Å². The second kappa shape index (κ2) is 9.74. The van der Waals surface area contributed by atoms with Gasteiger partial charge in [0.2, 0.25) is 5.91 Å². The zero-order valence-electron chi connectivity index (χ0n) is 18.8. The van der Waals surface area contributed by atoms with E-state index in [4.69, 9.17) is 4.74 Å². The topological polar surface area (TPSA) is 78.9 Å². The van der Waals surface area contributed by atoms with Crippen molar-refractivity contribution < 1.29 is 19.4 Å². The average molecular weight is 437 g/mol. The van der Waals surface area contributed by atoms with E-state index in [1.807, 2.05) is 38.1 Å². The van der Waals surface area contributed by atoms with Crippen LogP contribution in [0.15, 0.2) is 48.5 Å². The molecule has 6 heteroatoms. The highest BCUT2D eigenvalue weighted by molar-refractivity contribution is 5.86. The number of aliphatic hydroxyl groups is 1. The fourth-order valence-corrected chi connectivity index (χ4v) is 4.78. The van der Waals surface area contributed by atoms with Gasteiger partial charge < -0.3 is 20.1 Å². The maximum absolute atomic E-state index is 13.0. The minimum Gasteiger partial charge on any atom is -0.449 e. The van der Waals surface area contributed by atoms with Crippen LogP contribution in [0.1, 0.15) is 50.2 Å². The number of rotatable bonds is 6. The molecule has 0 saturated carbocycles. The van der Waals surface area contributed by atoms with Crippen LogP contribution in [0.3, 0.4) is 0 Å². The third-order valence-corrected chi connectivity index (χ3v) is 6.42. The highest BCUT2D eigenvalue weighted by Gasteiger charge is 2.32. The van der Waals surface area contributed by atoms with Gasteiger partial charge in [-0.15, -0.1) is 0 Å². The van der Waals surface area contributed by atoms with Crippen LogP contribution in [0.2, 0.25) is 0 Å². The summed E-state index contributed by atoms with van der Waals surface area (Å²) in [4.78, 5) is 27.5. The lowest BCUT2D eigenvalue weighted by Gasteiger charge is -2.33. The third kappa shape index (κ3) is 4.80. The van der Waals surface area contributed by atoms with E-state index in [1.165, 1.54) is 11.1 Å². The van der Waals surface area contributed by atoms with Gasteiger partial charge in [-0.1, -0.05) is 62.4 Å². The number of fused-ring (bicyclic) bond motifs is 3. The van der Waals surface area contributed by atoms with E-state index < -0.39 is 12.1 Å². The van der Waals surface area contributed by atoms with Gasteiger partial charge in [-0.05, 0) is 47.4 Å². The first kappa shape index (κ1) is 22.3. The van der Waals surface area contributed by atoms with E-state index in [0.29, 0.717) is 32.4 Å². The molecule has 170 valence electrons. The van der Waals surface area contributed by atoms with E-state index in [0.717, 1.165) is 11.1 Å². The fourth-order valence-electron chi connectivity index (χ4n) is 4.78. The Hall–Kier alpha value is -2.86. The summed E-state index contributed by atoms with van der Waals surface area (Å²) < 4.78 is 5.65. The first-order valence-electron chi connectivity index (χ1n) is 11.5. The molecular weight excluding hydrogens is 404 g/mol. The number of likely N-dealkylation sites (tertiary alicyclic amines) is 1. The van der Waals surface area contributed by atoms with Gasteiger partial charge in [0.15, 0.2) is 0 Å². The monoisotopic (exact) mass is 436 g/mol. The van der Waals surface area contributed by atoms with Crippen molar-refractivity contribution in [3.8, 4) is 11.1 Å². The summed E-state index contributed by atoms with van der Waals surface area (Å²) >= 11 is 0. The third-order valence-electron chi connectivity index (χ3n) is 6.42. The van der Waals surface area contributed by atoms with Crippen LogP contribution in [0.4, 0.5) is 4.79 Å². The maximum atomic E-state index is 13.0. The minimum absolute atomic E-state index is 0.0176. The minimum atomic E-state index is -0.624. The Labute approximate surface area is 189 Å². The number of amides is 2. The van der Waals surface area contributed by atoms with Gasteiger partial charge in [-0.2, -0.15) is 0 Å². The van der Waals surface area contributed by atoms with Gasteiger partial charge in [-0.25, -0.2) is 4.79 Å². The highest BCUT2D eigenvalue weighted by atomic mass is 16.5. The SMILES string of the molecule is CC(C)CC(NC(=O)OCC1c2ccccc2-c2ccccc21)C(=O)N1CCC(O)CC1. The second-order valence-corrected chi connectivity index (χ2v) is 9.21. The molecule has 0 aromatic heterocycles. The quantitative estimate of drug-likeness (QED) is 0.719. The average Bonchev–Trinajstić information content (AvgIpc) is 3.11. The standard InChI is InChI=1S/C26H32N2O4/c1-17(2)15-24(25(30)28-13-11-18(29)12-14-28)27-26(31)32-16-23-21-9-5-3-7-19(21)20-8-4-6-10-22(20)23/h3-10,17-18,23-24,29H,11-16H2,1-2H3,(H,27,31). The van der Waals surface area contributed by atoms with Gasteiger partial charge in [0.05, 0.1) is 6.10 Å². The molecule has 6 nitrogen and oxygen atoms in total. The molecule has 2 aromatic rings. The number of hydrogen-bond donors (Lipinski definition) is 2. The molecule has 2 amide bonds. The van der Waals surface area contributed by atoms with E-state index >= 15 is 0 Å². The number of carbonyl (C=O) groups is 2. The van der Waals surface area contributed by atoms with Crippen LogP contribution in [0.25, 0.3) is 11.1 Å². The zero-order chi connectivity index (χ0) is 22.7. The van der Waals surface area contributed by atoms with E-state index in [-0.39, 0.29) is 30.5 Å². The highest BCUT2D eigenvalue weighted by Crippen LogP contribution is 2.44. The number of ether oxygens (including phenoxy) is 1. The number of nitrogens with zero attached hydrogens (tertiary/aromatic N) is 1. The summed E-state index contributed by atoms with van der Waals surface area (Å²) in [6.45, 7) is 5.31. The zero-order valence-corrected chi connectivity index (χ0v) is 18.8. The summed E-state index contributed by atoms with van der Waals surface area (Å²) in [5, 5.41) is 12.5. The van der Waals surface area contributed by atoms with Crippen molar-refractivity contribution in [3.05, 3.63) is 59.7 Å². The molecule has 1 heterocycles. The number of piperidine rings is 1. The lowest BCUT2D eigenvalue weighted by molar-refractivity contribution is -0.135. The molecule has 32 heavy (non-hydrogen) atoms. The molecule has 0 radical (unpaired) electrons. The van der Waals surface area contributed by atoms with Crippen molar-refractivity contribution in [2.45, 2.75) is 51.2 Å². The molecule has 1 saturated heterocycles. The summed E-state index contributed by atoms with van der Waals surface area (Å²) in [6.07, 6.45) is 0.777. The number of hydrogen-bond acceptors (Lipinski definition) is 4. The van der Waals surface area contributed by atoms with Crippen molar-refractivity contribution >= 4 is 12.0 Å². The van der Waals surface area contributed by atoms with Gasteiger partial charge in [0.25, 0.3) is 0 Å². The Morgan fingerprint density at radius 1 is 1.03 bits per heavy atom. The Morgan fingerprint density at radius 2 is 1.59 bits per heavy atom. The molecule has 1 fully saturated rings. The van der Waals surface area contributed by atoms with Gasteiger partial charge in [-0.3, -0.25) is 4.79 Å². The van der Waals surface area contributed by atoms with Crippen molar-refractivity contribution in [1.29, 1.82) is 0 Å². The molecule has 1 atom stereocenters. The first-order chi connectivity index (χ1) is 15.4. The van der Waals surface area contributed by atoms with E-state index in [2.05, 4.69) is 29.6 Å². The van der Waals surface area contributed by atoms with Crippen LogP contribution < -0.4 is 5.32 Å². The van der Waals surface area contributed by atoms with Crippen LogP contribution in [0.5, 0.6) is 0 Å². The van der Waals surface area contributed by atoms with Crippen LogP contribution >= 0.6 is 0 Å². The number of alkyl carbamates (subject to hydrolysis) is 1. The molecule has 2 aromatic carbocycles. The Balaban J connectivity index is 1.41. The Bertz CT molecular complexity index is 920. The van der Waals surface area contributed by atoms with Crippen molar-refractivity contribution in [3.63, 3.8) is 0 Å². The summed E-state index contributed by atoms with van der Waals surface area (Å²) in [5.41, 5.74) is 4.67. The molecule has 1 aliphatic heterocycles. The number of carbonyl (C=O) groups excluding carboxylic acids is 2. The Kier molecular flexibility index (Phi) is 6.80. The molecule has 2 N–H and O–H groups in total. The van der Waals surface area contributed by atoms with Gasteiger partial charge in [0.1, 0.15) is 12.6 Å². The van der Waals surface area contributed by atoms with Crippen molar-refractivity contribution in [2.24, 2.45) is 5.92 Å². The van der Waals surface area contributed by atoms with Crippen LogP contribution in [-0.4, -0.2) is 53.8 Å². The molecule has 1 unspecified atom stereocenters. The van der Waals surface area contributed by atoms with E-state index in [1.54, 1.807) is 4.90 Å². The molecular formula is C26H32N2O4. The molecule has 0 bridgehead atoms. The molecule has 2 aliphatic rings. The smallest absolute Gasteiger partial charge is 0.407 e. The van der Waals surface area contributed by atoms with Crippen molar-refractivity contribution in [2.75, 3.05) is 19.7 Å². The summed E-state index contributed by atoms with van der Waals surface area (Å²) in [5.74, 6) is 0.128. The predicted octanol–water partition coefficient (Wildman–Crippen LogP) is 3.92. The number of aliphatic hydroxyl groups excluding tert-OH is 1.